The van der Waals surface area contributed by atoms with Crippen LogP contribution >= 0.6 is 0 Å². The Labute approximate surface area is 110 Å². The van der Waals surface area contributed by atoms with Crippen molar-refractivity contribution in [3.05, 3.63) is 0 Å². The van der Waals surface area contributed by atoms with Crippen LogP contribution in [-0.4, -0.2) is 34.6 Å². The minimum Gasteiger partial charge on any atom is -0.409 e. The van der Waals surface area contributed by atoms with Crippen molar-refractivity contribution in [1.29, 1.82) is 0 Å². The molecule has 0 bridgehead atoms. The maximum atomic E-state index is 8.64. The van der Waals surface area contributed by atoms with Crippen molar-refractivity contribution in [2.45, 2.75) is 64.5 Å². The number of amidine groups is 1. The van der Waals surface area contributed by atoms with Crippen molar-refractivity contribution in [2.75, 3.05) is 6.54 Å². The molecule has 0 saturated heterocycles. The van der Waals surface area contributed by atoms with Crippen LogP contribution in [0.4, 0.5) is 0 Å². The molecule has 0 amide bonds. The van der Waals surface area contributed by atoms with Crippen LogP contribution in [-0.2, 0) is 0 Å². The second kappa shape index (κ2) is 5.91. The molecule has 2 atom stereocenters. The average molecular weight is 253 g/mol. The fourth-order valence-corrected chi connectivity index (χ4v) is 3.54. The number of nitrogens with two attached hydrogens (primary N) is 1. The molecule has 0 aliphatic heterocycles. The van der Waals surface area contributed by atoms with E-state index in [9.17, 15) is 0 Å². The second-order valence-corrected chi connectivity index (χ2v) is 6.38. The van der Waals surface area contributed by atoms with Crippen LogP contribution in [0.5, 0.6) is 0 Å². The highest BCUT2D eigenvalue weighted by Gasteiger charge is 2.36. The number of rotatable bonds is 5. The molecule has 0 radical (unpaired) electrons. The van der Waals surface area contributed by atoms with Gasteiger partial charge in [-0.25, -0.2) is 0 Å². The first-order chi connectivity index (χ1) is 8.60. The zero-order valence-corrected chi connectivity index (χ0v) is 11.7. The number of oxime groups is 1. The molecule has 4 heteroatoms. The van der Waals surface area contributed by atoms with Gasteiger partial charge < -0.3 is 10.9 Å². The van der Waals surface area contributed by atoms with Crippen molar-refractivity contribution < 1.29 is 5.21 Å². The van der Waals surface area contributed by atoms with E-state index in [0.717, 1.165) is 24.4 Å². The predicted octanol–water partition coefficient (Wildman–Crippen LogP) is 2.41. The molecule has 4 nitrogen and oxygen atoms in total. The molecule has 0 aromatic heterocycles. The van der Waals surface area contributed by atoms with Gasteiger partial charge >= 0.3 is 0 Å². The molecule has 2 aliphatic rings. The highest BCUT2D eigenvalue weighted by Crippen LogP contribution is 2.37. The van der Waals surface area contributed by atoms with Gasteiger partial charge in [-0.2, -0.15) is 0 Å². The SMILES string of the molecule is CC1CC(C)CC(N(CCC(N)=NO)C2CC2)C1. The molecule has 18 heavy (non-hydrogen) atoms. The monoisotopic (exact) mass is 253 g/mol. The normalized spacial score (nSPS) is 33.9. The Morgan fingerprint density at radius 1 is 1.17 bits per heavy atom. The van der Waals surface area contributed by atoms with E-state index in [0.29, 0.717) is 18.3 Å². The van der Waals surface area contributed by atoms with Crippen molar-refractivity contribution in [1.82, 2.24) is 4.90 Å². The second-order valence-electron chi connectivity index (χ2n) is 6.38. The van der Waals surface area contributed by atoms with Crippen LogP contribution < -0.4 is 5.73 Å². The fraction of sp³-hybridized carbons (Fsp3) is 0.929. The van der Waals surface area contributed by atoms with Crippen LogP contribution in [0, 0.1) is 11.8 Å². The third-order valence-corrected chi connectivity index (χ3v) is 4.39. The first-order valence-electron chi connectivity index (χ1n) is 7.32. The van der Waals surface area contributed by atoms with E-state index in [1.807, 2.05) is 0 Å². The lowest BCUT2D eigenvalue weighted by Crippen LogP contribution is -2.43. The van der Waals surface area contributed by atoms with E-state index in [1.54, 1.807) is 0 Å². The van der Waals surface area contributed by atoms with E-state index >= 15 is 0 Å². The summed E-state index contributed by atoms with van der Waals surface area (Å²) in [4.78, 5) is 2.63. The quantitative estimate of drug-likeness (QED) is 0.342. The van der Waals surface area contributed by atoms with Gasteiger partial charge in [0.25, 0.3) is 0 Å². The zero-order valence-electron chi connectivity index (χ0n) is 11.7. The van der Waals surface area contributed by atoms with Crippen molar-refractivity contribution in [3.8, 4) is 0 Å². The van der Waals surface area contributed by atoms with Crippen LogP contribution in [0.1, 0.15) is 52.4 Å². The summed E-state index contributed by atoms with van der Waals surface area (Å²) in [6.07, 6.45) is 7.35. The Morgan fingerprint density at radius 3 is 2.28 bits per heavy atom. The standard InChI is InChI=1S/C14H27N3O/c1-10-7-11(2)9-13(8-10)17(12-3-4-12)6-5-14(15)16-18/h10-13,18H,3-9H2,1-2H3,(H2,15,16). The van der Waals surface area contributed by atoms with E-state index in [2.05, 4.69) is 23.9 Å². The highest BCUT2D eigenvalue weighted by molar-refractivity contribution is 5.79. The molecule has 104 valence electrons. The predicted molar refractivity (Wildman–Crippen MR) is 73.7 cm³/mol. The third-order valence-electron chi connectivity index (χ3n) is 4.39. The highest BCUT2D eigenvalue weighted by atomic mass is 16.4. The molecule has 0 spiro atoms. The Balaban J connectivity index is 1.92. The molecule has 2 unspecified atom stereocenters. The molecule has 0 aromatic carbocycles. The summed E-state index contributed by atoms with van der Waals surface area (Å²) in [5, 5.41) is 11.7. The molecule has 2 saturated carbocycles. The minimum atomic E-state index is 0.359. The Kier molecular flexibility index (Phi) is 4.49. The van der Waals surface area contributed by atoms with Gasteiger partial charge in [0.1, 0.15) is 5.84 Å². The molecule has 2 fully saturated rings. The van der Waals surface area contributed by atoms with Gasteiger partial charge in [0, 0.05) is 25.0 Å². The van der Waals surface area contributed by atoms with E-state index in [-0.39, 0.29) is 0 Å². The van der Waals surface area contributed by atoms with Crippen LogP contribution in [0.25, 0.3) is 0 Å². The first-order valence-corrected chi connectivity index (χ1v) is 7.32. The maximum absolute atomic E-state index is 8.64. The number of hydrogen-bond donors (Lipinski definition) is 2. The van der Waals surface area contributed by atoms with Crippen molar-refractivity contribution in [3.63, 3.8) is 0 Å². The number of hydrogen-bond acceptors (Lipinski definition) is 3. The molecule has 3 N–H and O–H groups in total. The zero-order chi connectivity index (χ0) is 13.1. The fourth-order valence-electron chi connectivity index (χ4n) is 3.54. The molecule has 0 aromatic rings. The molecule has 2 aliphatic carbocycles. The summed E-state index contributed by atoms with van der Waals surface area (Å²) in [6.45, 7) is 5.69. The van der Waals surface area contributed by atoms with Crippen molar-refractivity contribution in [2.24, 2.45) is 22.7 Å². The maximum Gasteiger partial charge on any atom is 0.140 e. The van der Waals surface area contributed by atoms with Crippen LogP contribution in [0.15, 0.2) is 5.16 Å². The summed E-state index contributed by atoms with van der Waals surface area (Å²) in [7, 11) is 0. The van der Waals surface area contributed by atoms with Crippen LogP contribution in [0.3, 0.4) is 0 Å². The van der Waals surface area contributed by atoms with Gasteiger partial charge in [0.15, 0.2) is 0 Å². The molecule has 2 rings (SSSR count). The number of nitrogens with zero attached hydrogens (tertiary/aromatic N) is 2. The van der Waals surface area contributed by atoms with E-state index in [1.165, 1.54) is 32.1 Å². The van der Waals surface area contributed by atoms with E-state index < -0.39 is 0 Å². The molecular weight excluding hydrogens is 226 g/mol. The minimum absolute atomic E-state index is 0.359. The topological polar surface area (TPSA) is 61.8 Å². The summed E-state index contributed by atoms with van der Waals surface area (Å²) >= 11 is 0. The van der Waals surface area contributed by atoms with Gasteiger partial charge in [-0.15, -0.1) is 0 Å². The third kappa shape index (κ3) is 3.61. The lowest BCUT2D eigenvalue weighted by atomic mass is 9.79. The van der Waals surface area contributed by atoms with Crippen LogP contribution in [0.2, 0.25) is 0 Å². The summed E-state index contributed by atoms with van der Waals surface area (Å²) in [5.74, 6) is 2.03. The lowest BCUT2D eigenvalue weighted by Gasteiger charge is -2.39. The average Bonchev–Trinajstić information content (AvgIpc) is 3.12. The van der Waals surface area contributed by atoms with Crippen molar-refractivity contribution >= 4 is 5.84 Å². The molecular formula is C14H27N3O. The Morgan fingerprint density at radius 2 is 1.78 bits per heavy atom. The summed E-state index contributed by atoms with van der Waals surface area (Å²) in [5.41, 5.74) is 5.60. The van der Waals surface area contributed by atoms with Gasteiger partial charge in [0.05, 0.1) is 0 Å². The van der Waals surface area contributed by atoms with E-state index in [4.69, 9.17) is 10.9 Å². The summed E-state index contributed by atoms with van der Waals surface area (Å²) < 4.78 is 0. The van der Waals surface area contributed by atoms with Gasteiger partial charge in [0.2, 0.25) is 0 Å². The summed E-state index contributed by atoms with van der Waals surface area (Å²) in [6, 6.07) is 1.47. The van der Waals surface area contributed by atoms with Gasteiger partial charge in [-0.3, -0.25) is 4.90 Å². The Bertz CT molecular complexity index is 291. The van der Waals surface area contributed by atoms with Gasteiger partial charge in [-0.1, -0.05) is 19.0 Å². The first kappa shape index (κ1) is 13.7. The van der Waals surface area contributed by atoms with Gasteiger partial charge in [-0.05, 0) is 43.9 Å². The molecule has 0 heterocycles. The lowest BCUT2D eigenvalue weighted by molar-refractivity contribution is 0.105. The Hall–Kier alpha value is -0.770. The smallest absolute Gasteiger partial charge is 0.140 e. The largest absolute Gasteiger partial charge is 0.409 e.